The highest BCUT2D eigenvalue weighted by molar-refractivity contribution is 6.35. The van der Waals surface area contributed by atoms with E-state index in [1.165, 1.54) is 13.2 Å². The van der Waals surface area contributed by atoms with Gasteiger partial charge in [0.1, 0.15) is 17.1 Å². The van der Waals surface area contributed by atoms with Gasteiger partial charge >= 0.3 is 0 Å². The van der Waals surface area contributed by atoms with Crippen LogP contribution in [0.4, 0.5) is 11.6 Å². The molecule has 2 N–H and O–H groups in total. The van der Waals surface area contributed by atoms with Crippen LogP contribution < -0.4 is 25.7 Å². The number of nitrogens with one attached hydrogen (secondary N) is 2. The second-order valence-corrected chi connectivity index (χ2v) is 11.6. The zero-order valence-corrected chi connectivity index (χ0v) is 27.3. The van der Waals surface area contributed by atoms with Gasteiger partial charge < -0.3 is 24.8 Å². The molecule has 1 aliphatic rings. The molecule has 1 saturated heterocycles. The summed E-state index contributed by atoms with van der Waals surface area (Å²) in [5.41, 5.74) is 2.73. The van der Waals surface area contributed by atoms with Crippen LogP contribution in [0.3, 0.4) is 0 Å². The molecule has 0 radical (unpaired) electrons. The normalized spacial score (nSPS) is 16.6. The van der Waals surface area contributed by atoms with Crippen molar-refractivity contribution in [3.8, 4) is 22.6 Å². The predicted molar refractivity (Wildman–Crippen MR) is 181 cm³/mol. The molecule has 12 heteroatoms. The first-order valence-electron chi connectivity index (χ1n) is 15.2. The van der Waals surface area contributed by atoms with Crippen molar-refractivity contribution in [1.82, 2.24) is 19.4 Å². The van der Waals surface area contributed by atoms with Gasteiger partial charge in [0.2, 0.25) is 11.9 Å². The Morgan fingerprint density at radius 3 is 2.50 bits per heavy atom. The van der Waals surface area contributed by atoms with E-state index >= 15 is 0 Å². The smallest absolute Gasteiger partial charge is 0.260 e. The molecule has 0 spiro atoms. The first kappa shape index (κ1) is 32.9. The summed E-state index contributed by atoms with van der Waals surface area (Å²) in [6.45, 7) is 11.2. The van der Waals surface area contributed by atoms with Gasteiger partial charge in [-0.25, -0.2) is 4.98 Å². The summed E-state index contributed by atoms with van der Waals surface area (Å²) in [4.78, 5) is 37.6. The van der Waals surface area contributed by atoms with Crippen LogP contribution in [-0.2, 0) is 22.5 Å². The number of anilines is 2. The number of pyridine rings is 1. The fraction of sp³-hybridized carbons (Fsp3) is 0.353. The average Bonchev–Trinajstić information content (AvgIpc) is 3.04. The Kier molecular flexibility index (Phi) is 10.6. The molecule has 2 atom stereocenters. The number of ether oxygens (including phenoxy) is 3. The summed E-state index contributed by atoms with van der Waals surface area (Å²) in [5, 5.41) is 7.05. The second-order valence-electron chi connectivity index (χ2n) is 11.3. The van der Waals surface area contributed by atoms with Crippen molar-refractivity contribution in [2.75, 3.05) is 51.0 Å². The van der Waals surface area contributed by atoms with Crippen LogP contribution in [0, 0.1) is 0 Å². The quantitative estimate of drug-likeness (QED) is 0.205. The third-order valence-corrected chi connectivity index (χ3v) is 8.21. The topological polar surface area (TPSA) is 120 Å². The number of amides is 1. The number of aromatic nitrogens is 3. The maximum absolute atomic E-state index is 14.2. The molecular formula is C34H39ClN6O5. The lowest BCUT2D eigenvalue weighted by molar-refractivity contribution is -0.111. The van der Waals surface area contributed by atoms with E-state index in [4.69, 9.17) is 30.8 Å². The number of halogens is 1. The molecule has 1 amide bonds. The van der Waals surface area contributed by atoms with Gasteiger partial charge in [-0.15, -0.1) is 0 Å². The summed E-state index contributed by atoms with van der Waals surface area (Å²) in [5.74, 6) is 1.05. The Morgan fingerprint density at radius 2 is 1.83 bits per heavy atom. The molecule has 5 rings (SSSR count). The van der Waals surface area contributed by atoms with E-state index < -0.39 is 0 Å². The number of aryl methyl sites for hydroxylation is 2. The first-order valence-corrected chi connectivity index (χ1v) is 15.5. The number of fused-ring (bicyclic) bond motifs is 1. The number of carbonyl (C=O) groups excluding carboxylic acids is 1. The lowest BCUT2D eigenvalue weighted by Gasteiger charge is -2.35. The third kappa shape index (κ3) is 7.67. The zero-order chi connectivity index (χ0) is 32.8. The summed E-state index contributed by atoms with van der Waals surface area (Å²) < 4.78 is 18.4. The number of hydrogen-bond donors (Lipinski definition) is 2. The van der Waals surface area contributed by atoms with Crippen molar-refractivity contribution in [2.24, 2.45) is 0 Å². The van der Waals surface area contributed by atoms with Gasteiger partial charge in [-0.05, 0) is 56.2 Å². The fourth-order valence-corrected chi connectivity index (χ4v) is 5.95. The first-order chi connectivity index (χ1) is 22.2. The van der Waals surface area contributed by atoms with Crippen molar-refractivity contribution >= 4 is 40.2 Å². The minimum Gasteiger partial charge on any atom is -0.497 e. The lowest BCUT2D eigenvalue weighted by Crippen LogP contribution is -2.46. The number of rotatable bonds is 12. The van der Waals surface area contributed by atoms with Crippen LogP contribution >= 0.6 is 11.6 Å². The molecule has 3 heterocycles. The third-order valence-electron chi connectivity index (χ3n) is 7.82. The van der Waals surface area contributed by atoms with E-state index in [9.17, 15) is 9.59 Å². The van der Waals surface area contributed by atoms with E-state index in [-0.39, 0.29) is 23.7 Å². The molecule has 4 aromatic rings. The highest BCUT2D eigenvalue weighted by atomic mass is 35.5. The molecule has 2 aromatic heterocycles. The highest BCUT2D eigenvalue weighted by Crippen LogP contribution is 2.38. The molecule has 0 bridgehead atoms. The summed E-state index contributed by atoms with van der Waals surface area (Å²) in [7, 11) is 3.06. The van der Waals surface area contributed by atoms with Gasteiger partial charge in [0.05, 0.1) is 31.5 Å². The van der Waals surface area contributed by atoms with Crippen LogP contribution in [0.15, 0.2) is 66.1 Å². The number of methoxy groups -OCH3 is 2. The van der Waals surface area contributed by atoms with Crippen molar-refractivity contribution in [2.45, 2.75) is 39.0 Å². The van der Waals surface area contributed by atoms with Gasteiger partial charge in [-0.1, -0.05) is 30.3 Å². The summed E-state index contributed by atoms with van der Waals surface area (Å²) in [6.07, 6.45) is 3.83. The van der Waals surface area contributed by atoms with Gasteiger partial charge in [0, 0.05) is 67.2 Å². The molecule has 2 aromatic carbocycles. The standard InChI is InChI=1S/C34H39ClN6O5/c1-6-30(42)38-25-9-7-23(8-10-25)11-13-41-32-24(15-28(33(41)43)27-16-26(44-4)17-29(45-5)31(27)35)18-37-34(39-32)36-12-14-40-19-21(2)46-22(3)20-40/h6-10,15-18,21-22H,1,11-14,19-20H2,2-5H3,(H,38,42)(H,36,37,39)/t21-,22+. The summed E-state index contributed by atoms with van der Waals surface area (Å²) in [6, 6.07) is 12.6. The Balaban J connectivity index is 1.48. The molecule has 1 fully saturated rings. The van der Waals surface area contributed by atoms with Crippen molar-refractivity contribution in [3.05, 3.63) is 82.3 Å². The molecule has 242 valence electrons. The lowest BCUT2D eigenvalue weighted by atomic mass is 10.0. The van der Waals surface area contributed by atoms with E-state index in [1.807, 2.05) is 24.3 Å². The van der Waals surface area contributed by atoms with Crippen LogP contribution in [0.2, 0.25) is 5.02 Å². The maximum atomic E-state index is 14.2. The van der Waals surface area contributed by atoms with E-state index in [0.717, 1.165) is 25.2 Å². The SMILES string of the molecule is C=CC(=O)Nc1ccc(CCn2c(=O)c(-c3cc(OC)cc(OC)c3Cl)cc3cnc(NCCN4C[C@@H](C)O[C@@H](C)C4)nc32)cc1. The highest BCUT2D eigenvalue weighted by Gasteiger charge is 2.22. The van der Waals surface area contributed by atoms with E-state index in [0.29, 0.717) is 69.8 Å². The van der Waals surface area contributed by atoms with Gasteiger partial charge in [0.15, 0.2) is 0 Å². The Morgan fingerprint density at radius 1 is 1.09 bits per heavy atom. The van der Waals surface area contributed by atoms with Crippen molar-refractivity contribution < 1.29 is 19.0 Å². The number of nitrogens with zero attached hydrogens (tertiary/aromatic N) is 4. The molecule has 0 unspecified atom stereocenters. The monoisotopic (exact) mass is 646 g/mol. The Hall–Kier alpha value is -4.45. The minimum absolute atomic E-state index is 0.185. The van der Waals surface area contributed by atoms with Gasteiger partial charge in [-0.3, -0.25) is 19.1 Å². The fourth-order valence-electron chi connectivity index (χ4n) is 5.66. The molecular weight excluding hydrogens is 608 g/mol. The van der Waals surface area contributed by atoms with E-state index in [1.54, 1.807) is 36.1 Å². The molecule has 1 aliphatic heterocycles. The molecule has 0 aliphatic carbocycles. The second kappa shape index (κ2) is 14.8. The van der Waals surface area contributed by atoms with E-state index in [2.05, 4.69) is 40.9 Å². The minimum atomic E-state index is -0.284. The number of morpholine rings is 1. The zero-order valence-electron chi connectivity index (χ0n) is 26.5. The molecule has 11 nitrogen and oxygen atoms in total. The van der Waals surface area contributed by atoms with Gasteiger partial charge in [0.25, 0.3) is 5.56 Å². The molecule has 0 saturated carbocycles. The summed E-state index contributed by atoms with van der Waals surface area (Å²) >= 11 is 6.73. The molecule has 46 heavy (non-hydrogen) atoms. The van der Waals surface area contributed by atoms with Crippen molar-refractivity contribution in [3.63, 3.8) is 0 Å². The van der Waals surface area contributed by atoms with Crippen LogP contribution in [0.5, 0.6) is 11.5 Å². The Labute approximate surface area is 273 Å². The average molecular weight is 647 g/mol. The van der Waals surface area contributed by atoms with Crippen molar-refractivity contribution in [1.29, 1.82) is 0 Å². The van der Waals surface area contributed by atoms with Gasteiger partial charge in [-0.2, -0.15) is 4.98 Å². The van der Waals surface area contributed by atoms with Crippen LogP contribution in [-0.4, -0.2) is 77.9 Å². The largest absolute Gasteiger partial charge is 0.497 e. The number of benzene rings is 2. The maximum Gasteiger partial charge on any atom is 0.260 e. The Bertz CT molecular complexity index is 1770. The van der Waals surface area contributed by atoms with Crippen LogP contribution in [0.25, 0.3) is 22.2 Å². The number of hydrogen-bond acceptors (Lipinski definition) is 9. The number of carbonyl (C=O) groups is 1. The van der Waals surface area contributed by atoms with Crippen LogP contribution in [0.1, 0.15) is 19.4 Å². The predicted octanol–water partition coefficient (Wildman–Crippen LogP) is 5.02.